The van der Waals surface area contributed by atoms with E-state index in [9.17, 15) is 9.50 Å². The number of hydrogen-bond acceptors (Lipinski definition) is 4. The van der Waals surface area contributed by atoms with Gasteiger partial charge in [-0.2, -0.15) is 5.10 Å². The zero-order chi connectivity index (χ0) is 22.5. The number of halogens is 1. The SMILES string of the molecule is CCC[C@@H](O)CN(Cc1c(-c2ccccc2)nn(C)c1Oc1cccc(F)c1)CC1CC1. The van der Waals surface area contributed by atoms with E-state index in [2.05, 4.69) is 11.8 Å². The van der Waals surface area contributed by atoms with Gasteiger partial charge in [0.2, 0.25) is 5.88 Å². The van der Waals surface area contributed by atoms with Gasteiger partial charge in [-0.3, -0.25) is 4.90 Å². The Balaban J connectivity index is 1.69. The fourth-order valence-corrected chi connectivity index (χ4v) is 4.11. The quantitative estimate of drug-likeness (QED) is 0.437. The second-order valence-electron chi connectivity index (χ2n) is 8.76. The first-order chi connectivity index (χ1) is 15.5. The van der Waals surface area contributed by atoms with E-state index >= 15 is 0 Å². The summed E-state index contributed by atoms with van der Waals surface area (Å²) in [6.07, 6.45) is 3.86. The van der Waals surface area contributed by atoms with Gasteiger partial charge in [-0.05, 0) is 37.3 Å². The molecule has 1 N–H and O–H groups in total. The third-order valence-electron chi connectivity index (χ3n) is 5.83. The van der Waals surface area contributed by atoms with Crippen molar-refractivity contribution in [2.75, 3.05) is 13.1 Å². The summed E-state index contributed by atoms with van der Waals surface area (Å²) in [5.74, 6) is 1.38. The monoisotopic (exact) mass is 437 g/mol. The smallest absolute Gasteiger partial charge is 0.222 e. The van der Waals surface area contributed by atoms with Gasteiger partial charge in [0, 0.05) is 38.3 Å². The van der Waals surface area contributed by atoms with E-state index in [0.717, 1.165) is 36.2 Å². The van der Waals surface area contributed by atoms with Crippen LogP contribution in [0.3, 0.4) is 0 Å². The molecule has 1 heterocycles. The summed E-state index contributed by atoms with van der Waals surface area (Å²) >= 11 is 0. The molecule has 1 aromatic heterocycles. The molecule has 0 aliphatic heterocycles. The van der Waals surface area contributed by atoms with Gasteiger partial charge in [-0.1, -0.05) is 49.7 Å². The van der Waals surface area contributed by atoms with Gasteiger partial charge in [0.15, 0.2) is 0 Å². The maximum absolute atomic E-state index is 13.8. The molecular weight excluding hydrogens is 405 g/mol. The molecule has 0 bridgehead atoms. The number of benzene rings is 2. The Labute approximate surface area is 189 Å². The summed E-state index contributed by atoms with van der Waals surface area (Å²) in [6.45, 7) is 4.27. The normalized spacial score (nSPS) is 14.7. The van der Waals surface area contributed by atoms with E-state index < -0.39 is 0 Å². The highest BCUT2D eigenvalue weighted by atomic mass is 19.1. The number of rotatable bonds is 11. The lowest BCUT2D eigenvalue weighted by molar-refractivity contribution is 0.0979. The molecule has 0 saturated heterocycles. The van der Waals surface area contributed by atoms with Crippen molar-refractivity contribution in [3.8, 4) is 22.9 Å². The number of aromatic nitrogens is 2. The minimum atomic E-state index is -0.358. The number of aliphatic hydroxyl groups is 1. The molecule has 1 fully saturated rings. The number of hydrogen-bond donors (Lipinski definition) is 1. The molecule has 0 amide bonds. The molecular formula is C26H32FN3O2. The average Bonchev–Trinajstić information content (AvgIpc) is 3.54. The molecule has 170 valence electrons. The van der Waals surface area contributed by atoms with Gasteiger partial charge in [-0.15, -0.1) is 0 Å². The van der Waals surface area contributed by atoms with Crippen molar-refractivity contribution in [1.82, 2.24) is 14.7 Å². The van der Waals surface area contributed by atoms with E-state index in [4.69, 9.17) is 9.84 Å². The Morgan fingerprint density at radius 1 is 1.19 bits per heavy atom. The minimum absolute atomic E-state index is 0.340. The summed E-state index contributed by atoms with van der Waals surface area (Å²) in [5, 5.41) is 15.3. The number of ether oxygens (including phenoxy) is 1. The van der Waals surface area contributed by atoms with Crippen LogP contribution in [0.25, 0.3) is 11.3 Å². The van der Waals surface area contributed by atoms with Crippen LogP contribution in [-0.4, -0.2) is 39.0 Å². The standard InChI is InChI=1S/C26H32FN3O2/c1-3-8-22(31)17-30(16-19-13-14-19)18-24-25(20-9-5-4-6-10-20)28-29(2)26(24)32-23-12-7-11-21(27)15-23/h4-7,9-12,15,19,22,31H,3,8,13-14,16-18H2,1-2H3/t22-/m1/s1. The van der Waals surface area contributed by atoms with Crippen molar-refractivity contribution in [2.45, 2.75) is 45.3 Å². The van der Waals surface area contributed by atoms with Gasteiger partial charge in [0.25, 0.3) is 0 Å². The highest BCUT2D eigenvalue weighted by Gasteiger charge is 2.28. The molecule has 1 aliphatic rings. The molecule has 1 atom stereocenters. The van der Waals surface area contributed by atoms with Crippen molar-refractivity contribution < 1.29 is 14.2 Å². The van der Waals surface area contributed by atoms with Crippen LogP contribution >= 0.6 is 0 Å². The third-order valence-corrected chi connectivity index (χ3v) is 5.83. The predicted octanol–water partition coefficient (Wildman–Crippen LogP) is 5.39. The summed E-state index contributed by atoms with van der Waals surface area (Å²) in [4.78, 5) is 2.32. The lowest BCUT2D eigenvalue weighted by Gasteiger charge is -2.25. The minimum Gasteiger partial charge on any atom is -0.439 e. The lowest BCUT2D eigenvalue weighted by Crippen LogP contribution is -2.33. The van der Waals surface area contributed by atoms with Crippen molar-refractivity contribution >= 4 is 0 Å². The Kier molecular flexibility index (Phi) is 7.22. The van der Waals surface area contributed by atoms with Crippen LogP contribution in [-0.2, 0) is 13.6 Å². The average molecular weight is 438 g/mol. The van der Waals surface area contributed by atoms with Crippen LogP contribution in [0, 0.1) is 11.7 Å². The first-order valence-electron chi connectivity index (χ1n) is 11.5. The molecule has 2 aromatic carbocycles. The molecule has 1 saturated carbocycles. The molecule has 32 heavy (non-hydrogen) atoms. The molecule has 0 unspecified atom stereocenters. The fraction of sp³-hybridized carbons (Fsp3) is 0.423. The van der Waals surface area contributed by atoms with Crippen LogP contribution in [0.4, 0.5) is 4.39 Å². The predicted molar refractivity (Wildman–Crippen MR) is 124 cm³/mol. The van der Waals surface area contributed by atoms with E-state index in [0.29, 0.717) is 30.6 Å². The fourth-order valence-electron chi connectivity index (χ4n) is 4.11. The number of aliphatic hydroxyl groups excluding tert-OH is 1. The highest BCUT2D eigenvalue weighted by Crippen LogP contribution is 2.36. The van der Waals surface area contributed by atoms with Crippen LogP contribution in [0.1, 0.15) is 38.2 Å². The van der Waals surface area contributed by atoms with Crippen molar-refractivity contribution in [1.29, 1.82) is 0 Å². The third kappa shape index (κ3) is 5.75. The molecule has 3 aromatic rings. The van der Waals surface area contributed by atoms with Crippen LogP contribution in [0.15, 0.2) is 54.6 Å². The summed E-state index contributed by atoms with van der Waals surface area (Å²) in [5.41, 5.74) is 2.81. The molecule has 6 heteroatoms. The molecule has 1 aliphatic carbocycles. The molecule has 5 nitrogen and oxygen atoms in total. The largest absolute Gasteiger partial charge is 0.439 e. The van der Waals surface area contributed by atoms with Gasteiger partial charge in [0.1, 0.15) is 17.3 Å². The zero-order valence-corrected chi connectivity index (χ0v) is 18.9. The summed E-state index contributed by atoms with van der Waals surface area (Å²) in [6, 6.07) is 16.2. The van der Waals surface area contributed by atoms with Crippen LogP contribution in [0.5, 0.6) is 11.6 Å². The molecule has 4 rings (SSSR count). The van der Waals surface area contributed by atoms with Crippen molar-refractivity contribution in [2.24, 2.45) is 13.0 Å². The van der Waals surface area contributed by atoms with Gasteiger partial charge in [-0.25, -0.2) is 9.07 Å². The molecule has 0 spiro atoms. The highest BCUT2D eigenvalue weighted by molar-refractivity contribution is 5.65. The second kappa shape index (κ2) is 10.3. The first kappa shape index (κ1) is 22.5. The van der Waals surface area contributed by atoms with E-state index in [1.54, 1.807) is 16.8 Å². The van der Waals surface area contributed by atoms with E-state index in [-0.39, 0.29) is 11.9 Å². The van der Waals surface area contributed by atoms with Gasteiger partial charge >= 0.3 is 0 Å². The van der Waals surface area contributed by atoms with Crippen LogP contribution < -0.4 is 4.74 Å². The second-order valence-corrected chi connectivity index (χ2v) is 8.76. The van der Waals surface area contributed by atoms with E-state index in [1.807, 2.05) is 37.4 Å². The van der Waals surface area contributed by atoms with Crippen LogP contribution in [0.2, 0.25) is 0 Å². The lowest BCUT2D eigenvalue weighted by atomic mass is 10.1. The van der Waals surface area contributed by atoms with E-state index in [1.165, 1.54) is 25.0 Å². The Bertz CT molecular complexity index is 1020. The number of aryl methyl sites for hydroxylation is 1. The number of nitrogens with zero attached hydrogens (tertiary/aromatic N) is 3. The maximum Gasteiger partial charge on any atom is 0.222 e. The summed E-state index contributed by atoms with van der Waals surface area (Å²) < 4.78 is 21.7. The van der Waals surface area contributed by atoms with Crippen molar-refractivity contribution in [3.63, 3.8) is 0 Å². The first-order valence-corrected chi connectivity index (χ1v) is 11.5. The Morgan fingerprint density at radius 3 is 2.66 bits per heavy atom. The van der Waals surface area contributed by atoms with Crippen molar-refractivity contribution in [3.05, 3.63) is 66.0 Å². The molecule has 0 radical (unpaired) electrons. The Morgan fingerprint density at radius 2 is 1.97 bits per heavy atom. The van der Waals surface area contributed by atoms with Gasteiger partial charge < -0.3 is 9.84 Å². The Hall–Kier alpha value is -2.70. The maximum atomic E-state index is 13.8. The zero-order valence-electron chi connectivity index (χ0n) is 18.9. The van der Waals surface area contributed by atoms with Gasteiger partial charge in [0.05, 0.1) is 11.7 Å². The topological polar surface area (TPSA) is 50.5 Å². The summed E-state index contributed by atoms with van der Waals surface area (Å²) in [7, 11) is 1.85.